The van der Waals surface area contributed by atoms with E-state index in [1.54, 1.807) is 0 Å². The van der Waals surface area contributed by atoms with Crippen molar-refractivity contribution in [2.45, 2.75) is 33.7 Å². The van der Waals surface area contributed by atoms with Crippen LogP contribution in [0.4, 0.5) is 0 Å². The summed E-state index contributed by atoms with van der Waals surface area (Å²) in [5.74, 6) is 0. The molecule has 0 bridgehead atoms. The molecule has 1 unspecified atom stereocenters. The van der Waals surface area contributed by atoms with Gasteiger partial charge in [0, 0.05) is 29.7 Å². The Morgan fingerprint density at radius 1 is 1.37 bits per heavy atom. The molecule has 1 heterocycles. The molecule has 0 radical (unpaired) electrons. The maximum Gasteiger partial charge on any atom is 0.0485 e. The number of benzene rings is 1. The molecule has 1 aromatic carbocycles. The molecule has 1 aromatic heterocycles. The van der Waals surface area contributed by atoms with Gasteiger partial charge in [-0.15, -0.1) is 0 Å². The zero-order valence-electron chi connectivity index (χ0n) is 12.6. The van der Waals surface area contributed by atoms with Crippen molar-refractivity contribution in [1.29, 1.82) is 0 Å². The molecule has 0 aliphatic heterocycles. The Balaban J connectivity index is 2.48. The Kier molecular flexibility index (Phi) is 4.11. The number of likely N-dealkylation sites (N-methyl/N-ethyl adjacent to an activating group) is 1. The lowest BCUT2D eigenvalue weighted by atomic mass is 10.1. The maximum atomic E-state index is 3.46. The van der Waals surface area contributed by atoms with Crippen molar-refractivity contribution >= 4 is 17.0 Å². The van der Waals surface area contributed by atoms with Crippen molar-refractivity contribution < 1.29 is 0 Å². The number of aryl methyl sites for hydroxylation is 2. The summed E-state index contributed by atoms with van der Waals surface area (Å²) in [7, 11) is 2.15. The van der Waals surface area contributed by atoms with Crippen LogP contribution < -0.4 is 5.32 Å². The van der Waals surface area contributed by atoms with Crippen molar-refractivity contribution in [3.8, 4) is 0 Å². The zero-order valence-corrected chi connectivity index (χ0v) is 12.6. The van der Waals surface area contributed by atoms with E-state index in [0.29, 0.717) is 6.04 Å². The van der Waals surface area contributed by atoms with Crippen LogP contribution in [0.25, 0.3) is 17.0 Å². The summed E-state index contributed by atoms with van der Waals surface area (Å²) in [6.45, 7) is 9.77. The second-order valence-electron chi connectivity index (χ2n) is 5.25. The number of para-hydroxylation sites is 1. The lowest BCUT2D eigenvalue weighted by Crippen LogP contribution is -2.26. The van der Waals surface area contributed by atoms with E-state index in [9.17, 15) is 0 Å². The normalized spacial score (nSPS) is 14.1. The van der Waals surface area contributed by atoms with Gasteiger partial charge in [0.25, 0.3) is 0 Å². The van der Waals surface area contributed by atoms with Gasteiger partial charge < -0.3 is 9.88 Å². The second kappa shape index (κ2) is 5.62. The summed E-state index contributed by atoms with van der Waals surface area (Å²) < 4.78 is 2.28. The van der Waals surface area contributed by atoms with Crippen LogP contribution >= 0.6 is 0 Å². The van der Waals surface area contributed by atoms with Gasteiger partial charge in [-0.3, -0.25) is 0 Å². The minimum Gasteiger partial charge on any atom is -0.344 e. The third kappa shape index (κ3) is 2.59. The Hall–Kier alpha value is -1.54. The van der Waals surface area contributed by atoms with Crippen LogP contribution in [0.5, 0.6) is 0 Å². The lowest BCUT2D eigenvalue weighted by Gasteiger charge is -2.13. The molecule has 0 spiro atoms. The summed E-state index contributed by atoms with van der Waals surface area (Å²) in [4.78, 5) is 0. The average molecular weight is 256 g/mol. The molecule has 2 nitrogen and oxygen atoms in total. The van der Waals surface area contributed by atoms with E-state index >= 15 is 0 Å². The molecule has 0 saturated carbocycles. The molecule has 0 fully saturated rings. The van der Waals surface area contributed by atoms with Gasteiger partial charge in [-0.2, -0.15) is 0 Å². The molecule has 0 aliphatic rings. The molecule has 0 saturated heterocycles. The van der Waals surface area contributed by atoms with Crippen molar-refractivity contribution in [2.75, 3.05) is 6.54 Å². The molecule has 0 aliphatic carbocycles. The SMILES string of the molecule is CCNC(C)/C(C)=C/c1c(C)c2ccccc2n1C. The highest BCUT2D eigenvalue weighted by Crippen LogP contribution is 2.26. The van der Waals surface area contributed by atoms with Gasteiger partial charge in [0.1, 0.15) is 0 Å². The standard InChI is InChI=1S/C17H24N2/c1-6-18-14(4)12(2)11-17-13(3)15-9-7-8-10-16(15)19(17)5/h7-11,14,18H,6H2,1-5H3/b12-11+. The highest BCUT2D eigenvalue weighted by Gasteiger charge is 2.10. The predicted molar refractivity (Wildman–Crippen MR) is 84.4 cm³/mol. The molecule has 2 rings (SSSR count). The van der Waals surface area contributed by atoms with E-state index in [1.165, 1.54) is 27.7 Å². The average Bonchev–Trinajstić information content (AvgIpc) is 2.65. The van der Waals surface area contributed by atoms with Gasteiger partial charge in [0.2, 0.25) is 0 Å². The van der Waals surface area contributed by atoms with Gasteiger partial charge in [0.05, 0.1) is 0 Å². The Labute approximate surface area is 116 Å². The number of fused-ring (bicyclic) bond motifs is 1. The zero-order chi connectivity index (χ0) is 14.0. The maximum absolute atomic E-state index is 3.46. The molecule has 2 aromatic rings. The summed E-state index contributed by atoms with van der Waals surface area (Å²) in [5.41, 5.74) is 5.34. The predicted octanol–water partition coefficient (Wildman–Crippen LogP) is 3.89. The van der Waals surface area contributed by atoms with Crippen molar-refractivity contribution in [1.82, 2.24) is 9.88 Å². The first-order chi connectivity index (χ1) is 9.06. The molecule has 102 valence electrons. The number of hydrogen-bond donors (Lipinski definition) is 1. The largest absolute Gasteiger partial charge is 0.344 e. The lowest BCUT2D eigenvalue weighted by molar-refractivity contribution is 0.636. The summed E-state index contributed by atoms with van der Waals surface area (Å²) in [6, 6.07) is 9.01. The summed E-state index contributed by atoms with van der Waals surface area (Å²) >= 11 is 0. The fraction of sp³-hybridized carbons (Fsp3) is 0.412. The van der Waals surface area contributed by atoms with E-state index < -0.39 is 0 Å². The first kappa shape index (κ1) is 13.9. The highest BCUT2D eigenvalue weighted by atomic mass is 14.9. The minimum absolute atomic E-state index is 0.419. The van der Waals surface area contributed by atoms with E-state index in [0.717, 1.165) is 6.54 Å². The molecule has 0 amide bonds. The van der Waals surface area contributed by atoms with Crippen LogP contribution in [0.2, 0.25) is 0 Å². The van der Waals surface area contributed by atoms with Crippen LogP contribution in [-0.2, 0) is 7.05 Å². The van der Waals surface area contributed by atoms with Crippen LogP contribution in [0.1, 0.15) is 32.0 Å². The Morgan fingerprint density at radius 3 is 2.68 bits per heavy atom. The monoisotopic (exact) mass is 256 g/mol. The van der Waals surface area contributed by atoms with Crippen molar-refractivity contribution in [3.63, 3.8) is 0 Å². The van der Waals surface area contributed by atoms with E-state index in [4.69, 9.17) is 0 Å². The second-order valence-corrected chi connectivity index (χ2v) is 5.25. The molecule has 19 heavy (non-hydrogen) atoms. The topological polar surface area (TPSA) is 17.0 Å². The number of aromatic nitrogens is 1. The Morgan fingerprint density at radius 2 is 2.05 bits per heavy atom. The van der Waals surface area contributed by atoms with Crippen LogP contribution in [0, 0.1) is 6.92 Å². The fourth-order valence-electron chi connectivity index (χ4n) is 2.62. The summed E-state index contributed by atoms with van der Waals surface area (Å²) in [6.07, 6.45) is 2.31. The first-order valence-corrected chi connectivity index (χ1v) is 7.01. The van der Waals surface area contributed by atoms with Gasteiger partial charge >= 0.3 is 0 Å². The molecule has 1 atom stereocenters. The first-order valence-electron chi connectivity index (χ1n) is 7.01. The number of nitrogens with zero attached hydrogens (tertiary/aromatic N) is 1. The van der Waals surface area contributed by atoms with Crippen LogP contribution in [0.3, 0.4) is 0 Å². The number of rotatable bonds is 4. The molecule has 1 N–H and O–H groups in total. The molecular weight excluding hydrogens is 232 g/mol. The number of hydrogen-bond acceptors (Lipinski definition) is 1. The smallest absolute Gasteiger partial charge is 0.0485 e. The van der Waals surface area contributed by atoms with Crippen molar-refractivity contribution in [2.24, 2.45) is 7.05 Å². The summed E-state index contributed by atoms with van der Waals surface area (Å²) in [5, 5.41) is 4.81. The van der Waals surface area contributed by atoms with E-state index in [1.807, 2.05) is 0 Å². The highest BCUT2D eigenvalue weighted by molar-refractivity contribution is 5.88. The van der Waals surface area contributed by atoms with Gasteiger partial charge in [-0.25, -0.2) is 0 Å². The van der Waals surface area contributed by atoms with Gasteiger partial charge in [-0.1, -0.05) is 30.7 Å². The van der Waals surface area contributed by atoms with Gasteiger partial charge in [0.15, 0.2) is 0 Å². The minimum atomic E-state index is 0.419. The Bertz CT molecular complexity index is 566. The van der Waals surface area contributed by atoms with Gasteiger partial charge in [-0.05, 0) is 45.0 Å². The van der Waals surface area contributed by atoms with Crippen LogP contribution in [-0.4, -0.2) is 17.2 Å². The molecule has 2 heteroatoms. The van der Waals surface area contributed by atoms with Crippen molar-refractivity contribution in [3.05, 3.63) is 41.1 Å². The third-order valence-corrected chi connectivity index (χ3v) is 3.97. The third-order valence-electron chi connectivity index (χ3n) is 3.97. The van der Waals surface area contributed by atoms with Crippen LogP contribution in [0.15, 0.2) is 29.8 Å². The quantitative estimate of drug-likeness (QED) is 0.878. The number of nitrogens with one attached hydrogen (secondary N) is 1. The van der Waals surface area contributed by atoms with E-state index in [2.05, 4.69) is 75.0 Å². The fourth-order valence-corrected chi connectivity index (χ4v) is 2.62. The molecular formula is C17H24N2. The van der Waals surface area contributed by atoms with E-state index in [-0.39, 0.29) is 0 Å².